The van der Waals surface area contributed by atoms with Crippen LogP contribution in [0.4, 0.5) is 0 Å². The molecule has 0 aromatic heterocycles. The Balaban J connectivity index is 1.62. The van der Waals surface area contributed by atoms with Crippen molar-refractivity contribution in [1.82, 2.24) is 0 Å². The van der Waals surface area contributed by atoms with E-state index in [4.69, 9.17) is 0 Å². The van der Waals surface area contributed by atoms with E-state index in [9.17, 15) is 19.8 Å². The van der Waals surface area contributed by atoms with Gasteiger partial charge in [-0.05, 0) is 110 Å². The van der Waals surface area contributed by atoms with Crippen LogP contribution in [0, 0.1) is 50.2 Å². The predicted molar refractivity (Wildman–Crippen MR) is 133 cm³/mol. The molecule has 0 unspecified atom stereocenters. The zero-order valence-corrected chi connectivity index (χ0v) is 22.5. The molecule has 0 amide bonds. The van der Waals surface area contributed by atoms with Gasteiger partial charge in [0.05, 0.1) is 11.5 Å². The number of hydrogen-bond acceptors (Lipinski definition) is 3. The number of carbonyl (C=O) groups excluding carboxylic acids is 1. The van der Waals surface area contributed by atoms with Gasteiger partial charge in [-0.15, -0.1) is 0 Å². The number of aliphatic hydroxyl groups is 1. The highest BCUT2D eigenvalue weighted by molar-refractivity contribution is 5.95. The number of allylic oxidation sites excluding steroid dienone is 2. The first-order chi connectivity index (χ1) is 15.6. The van der Waals surface area contributed by atoms with Gasteiger partial charge in [0.2, 0.25) is 0 Å². The fraction of sp³-hybridized carbons (Fsp3) is 0.867. The summed E-state index contributed by atoms with van der Waals surface area (Å²) in [5, 5.41) is 20.9. The molecule has 0 aromatic carbocycles. The zero-order chi connectivity index (χ0) is 25.1. The lowest BCUT2D eigenvalue weighted by Crippen LogP contribution is -2.66. The standard InChI is InChI=1S/C30H46O4/c1-25(2)21-8-11-30(7)23(28(21,5)10-9-22(25)32)20(31)16-18-19-17-27(4,24(33)34)13-12-26(19,3)14-15-29(18,30)6/h16,19,21-23,32H,8-15,17H2,1-7H3,(H,33,34)/t19-,21-,22+,23-,26+,27+,28-,29+,30+/m0/s1. The predicted octanol–water partition coefficient (Wildman–Crippen LogP) is 6.41. The Morgan fingerprint density at radius 2 is 1.56 bits per heavy atom. The van der Waals surface area contributed by atoms with Gasteiger partial charge in [-0.1, -0.05) is 47.1 Å². The zero-order valence-electron chi connectivity index (χ0n) is 22.5. The number of rotatable bonds is 1. The lowest BCUT2D eigenvalue weighted by atomic mass is 9.33. The molecule has 0 heterocycles. The number of carboxylic acid groups (broad SMARTS) is 1. The van der Waals surface area contributed by atoms with E-state index in [1.165, 1.54) is 5.57 Å². The summed E-state index contributed by atoms with van der Waals surface area (Å²) in [5.74, 6) is 0.0603. The Morgan fingerprint density at radius 1 is 0.912 bits per heavy atom. The molecule has 0 spiro atoms. The number of carboxylic acids is 1. The van der Waals surface area contributed by atoms with Crippen molar-refractivity contribution in [2.75, 3.05) is 0 Å². The van der Waals surface area contributed by atoms with Crippen LogP contribution in [0.25, 0.3) is 0 Å². The molecular weight excluding hydrogens is 424 g/mol. The van der Waals surface area contributed by atoms with Gasteiger partial charge in [0, 0.05) is 5.92 Å². The largest absolute Gasteiger partial charge is 0.481 e. The Hall–Kier alpha value is -1.16. The van der Waals surface area contributed by atoms with E-state index in [-0.39, 0.29) is 50.8 Å². The topological polar surface area (TPSA) is 74.6 Å². The van der Waals surface area contributed by atoms with E-state index in [0.29, 0.717) is 12.3 Å². The molecule has 5 rings (SSSR count). The van der Waals surface area contributed by atoms with Crippen LogP contribution in [-0.4, -0.2) is 28.1 Å². The first-order valence-corrected chi connectivity index (χ1v) is 13.7. The van der Waals surface area contributed by atoms with E-state index >= 15 is 0 Å². The summed E-state index contributed by atoms with van der Waals surface area (Å²) in [6.07, 6.45) is 9.95. The first kappa shape index (κ1) is 24.5. The van der Waals surface area contributed by atoms with Crippen LogP contribution in [-0.2, 0) is 9.59 Å². The fourth-order valence-electron chi connectivity index (χ4n) is 10.4. The molecule has 4 heteroatoms. The Kier molecular flexibility index (Phi) is 5.04. The Bertz CT molecular complexity index is 965. The number of carbonyl (C=O) groups is 2. The van der Waals surface area contributed by atoms with Gasteiger partial charge in [-0.2, -0.15) is 0 Å². The third-order valence-corrected chi connectivity index (χ3v) is 13.1. The summed E-state index contributed by atoms with van der Waals surface area (Å²) in [5.41, 5.74) is 0.142. The average molecular weight is 471 g/mol. The Labute approximate surface area is 206 Å². The third-order valence-electron chi connectivity index (χ3n) is 13.1. The minimum absolute atomic E-state index is 0.0296. The molecule has 0 saturated heterocycles. The fourth-order valence-corrected chi connectivity index (χ4v) is 10.4. The maximum absolute atomic E-state index is 14.2. The van der Waals surface area contributed by atoms with Crippen LogP contribution in [0.5, 0.6) is 0 Å². The van der Waals surface area contributed by atoms with E-state index in [0.717, 1.165) is 51.4 Å². The summed E-state index contributed by atoms with van der Waals surface area (Å²) in [7, 11) is 0. The van der Waals surface area contributed by atoms with Gasteiger partial charge in [-0.3, -0.25) is 9.59 Å². The lowest BCUT2D eigenvalue weighted by molar-refractivity contribution is -0.202. The van der Waals surface area contributed by atoms with E-state index in [1.54, 1.807) is 0 Å². The highest BCUT2D eigenvalue weighted by Gasteiger charge is 2.70. The van der Waals surface area contributed by atoms with Crippen molar-refractivity contribution >= 4 is 11.8 Å². The van der Waals surface area contributed by atoms with Gasteiger partial charge < -0.3 is 10.2 Å². The average Bonchev–Trinajstić information content (AvgIpc) is 2.73. The SMILES string of the molecule is CC1(C)[C@H](O)CC[C@@]2(C)[C@H]1CC[C@]1(C)[C@H]2C(=O)C=C2[C@@H]3C[C@](C)(C(=O)O)CC[C@]3(C)CC[C@]21C. The molecular formula is C30H46O4. The molecule has 2 N–H and O–H groups in total. The molecule has 4 fully saturated rings. The number of fused-ring (bicyclic) bond motifs is 7. The highest BCUT2D eigenvalue weighted by Crippen LogP contribution is 2.75. The van der Waals surface area contributed by atoms with Crippen molar-refractivity contribution in [2.24, 2.45) is 50.2 Å². The van der Waals surface area contributed by atoms with E-state index < -0.39 is 11.4 Å². The molecule has 34 heavy (non-hydrogen) atoms. The van der Waals surface area contributed by atoms with Gasteiger partial charge in [0.1, 0.15) is 0 Å². The smallest absolute Gasteiger partial charge is 0.309 e. The van der Waals surface area contributed by atoms with Crippen molar-refractivity contribution in [2.45, 2.75) is 112 Å². The van der Waals surface area contributed by atoms with Gasteiger partial charge in [-0.25, -0.2) is 0 Å². The molecule has 5 aliphatic carbocycles. The molecule has 0 bridgehead atoms. The second-order valence-corrected chi connectivity index (χ2v) is 14.9. The number of ketones is 1. The minimum atomic E-state index is -0.711. The number of aliphatic hydroxyl groups excluding tert-OH is 1. The van der Waals surface area contributed by atoms with Crippen molar-refractivity contribution in [3.8, 4) is 0 Å². The van der Waals surface area contributed by atoms with Gasteiger partial charge in [0.25, 0.3) is 0 Å². The lowest BCUT2D eigenvalue weighted by Gasteiger charge is -2.70. The van der Waals surface area contributed by atoms with Crippen molar-refractivity contribution in [1.29, 1.82) is 0 Å². The molecule has 4 nitrogen and oxygen atoms in total. The second kappa shape index (κ2) is 6.99. The van der Waals surface area contributed by atoms with Gasteiger partial charge >= 0.3 is 5.97 Å². The first-order valence-electron chi connectivity index (χ1n) is 13.7. The number of hydrogen-bond donors (Lipinski definition) is 2. The maximum Gasteiger partial charge on any atom is 0.309 e. The summed E-state index contributed by atoms with van der Waals surface area (Å²) in [4.78, 5) is 26.4. The Morgan fingerprint density at radius 3 is 2.21 bits per heavy atom. The van der Waals surface area contributed by atoms with Crippen LogP contribution in [0.15, 0.2) is 11.6 Å². The molecule has 5 aliphatic rings. The number of aliphatic carboxylic acids is 1. The van der Waals surface area contributed by atoms with Crippen molar-refractivity contribution in [3.05, 3.63) is 11.6 Å². The van der Waals surface area contributed by atoms with E-state index in [1.807, 2.05) is 13.0 Å². The molecule has 0 aromatic rings. The summed E-state index contributed by atoms with van der Waals surface area (Å²) < 4.78 is 0. The molecule has 190 valence electrons. The molecule has 4 saturated carbocycles. The summed E-state index contributed by atoms with van der Waals surface area (Å²) >= 11 is 0. The van der Waals surface area contributed by atoms with Crippen LogP contribution in [0.3, 0.4) is 0 Å². The molecule has 0 radical (unpaired) electrons. The van der Waals surface area contributed by atoms with Gasteiger partial charge in [0.15, 0.2) is 5.78 Å². The van der Waals surface area contributed by atoms with Crippen LogP contribution in [0.1, 0.15) is 106 Å². The summed E-state index contributed by atoms with van der Waals surface area (Å²) in [6, 6.07) is 0. The third kappa shape index (κ3) is 2.81. The quantitative estimate of drug-likeness (QED) is 0.464. The monoisotopic (exact) mass is 470 g/mol. The highest BCUT2D eigenvalue weighted by atomic mass is 16.4. The van der Waals surface area contributed by atoms with Crippen LogP contribution < -0.4 is 0 Å². The normalized spacial score (nSPS) is 54.1. The van der Waals surface area contributed by atoms with Crippen LogP contribution >= 0.6 is 0 Å². The molecule has 0 aliphatic heterocycles. The van der Waals surface area contributed by atoms with E-state index in [2.05, 4.69) is 41.5 Å². The van der Waals surface area contributed by atoms with Crippen molar-refractivity contribution in [3.63, 3.8) is 0 Å². The maximum atomic E-state index is 14.2. The molecule has 9 atom stereocenters. The van der Waals surface area contributed by atoms with Crippen LogP contribution in [0.2, 0.25) is 0 Å². The summed E-state index contributed by atoms with van der Waals surface area (Å²) in [6.45, 7) is 15.8. The minimum Gasteiger partial charge on any atom is -0.481 e. The second-order valence-electron chi connectivity index (χ2n) is 14.9. The van der Waals surface area contributed by atoms with Crippen molar-refractivity contribution < 1.29 is 19.8 Å².